The summed E-state index contributed by atoms with van der Waals surface area (Å²) >= 11 is 1.10. The standard InChI is InChI=1S/C11H11N5O2S/c12-6-2-1-5(10(17)18)3-7(6)19-11-15-8(13)4-9(14)16-11/h1-4H,12H2,(H,17,18)(H4,13,14,15,16). The van der Waals surface area contributed by atoms with Crippen molar-refractivity contribution in [3.8, 4) is 0 Å². The second kappa shape index (κ2) is 5.02. The molecule has 0 aliphatic carbocycles. The van der Waals surface area contributed by atoms with Gasteiger partial charge in [-0.05, 0) is 30.0 Å². The van der Waals surface area contributed by atoms with Crippen molar-refractivity contribution >= 4 is 35.1 Å². The van der Waals surface area contributed by atoms with Crippen LogP contribution in [0.15, 0.2) is 34.3 Å². The van der Waals surface area contributed by atoms with E-state index in [4.69, 9.17) is 22.3 Å². The van der Waals surface area contributed by atoms with Gasteiger partial charge in [0, 0.05) is 16.6 Å². The van der Waals surface area contributed by atoms with Crippen molar-refractivity contribution in [2.75, 3.05) is 17.2 Å². The van der Waals surface area contributed by atoms with Crippen molar-refractivity contribution in [2.45, 2.75) is 10.1 Å². The van der Waals surface area contributed by atoms with Gasteiger partial charge in [0.2, 0.25) is 0 Å². The van der Waals surface area contributed by atoms with Crippen LogP contribution in [0.4, 0.5) is 17.3 Å². The fourth-order valence-corrected chi connectivity index (χ4v) is 2.23. The minimum atomic E-state index is -1.03. The van der Waals surface area contributed by atoms with E-state index in [-0.39, 0.29) is 17.2 Å². The van der Waals surface area contributed by atoms with Crippen molar-refractivity contribution in [2.24, 2.45) is 0 Å². The number of carboxylic acid groups (broad SMARTS) is 1. The Kier molecular flexibility index (Phi) is 3.43. The summed E-state index contributed by atoms with van der Waals surface area (Å²) in [6.45, 7) is 0. The van der Waals surface area contributed by atoms with Crippen LogP contribution in [-0.4, -0.2) is 21.0 Å². The molecule has 0 aliphatic rings. The van der Waals surface area contributed by atoms with Crippen LogP contribution in [0.1, 0.15) is 10.4 Å². The fourth-order valence-electron chi connectivity index (χ4n) is 1.36. The number of aromatic carboxylic acids is 1. The maximum atomic E-state index is 10.9. The fraction of sp³-hybridized carbons (Fsp3) is 0. The molecule has 1 aromatic heterocycles. The van der Waals surface area contributed by atoms with E-state index in [2.05, 4.69) is 9.97 Å². The highest BCUT2D eigenvalue weighted by Crippen LogP contribution is 2.31. The molecule has 0 aliphatic heterocycles. The monoisotopic (exact) mass is 277 g/mol. The summed E-state index contributed by atoms with van der Waals surface area (Å²) in [4.78, 5) is 19.4. The summed E-state index contributed by atoms with van der Waals surface area (Å²) in [6, 6.07) is 5.82. The van der Waals surface area contributed by atoms with Crippen LogP contribution in [0.25, 0.3) is 0 Å². The average Bonchev–Trinajstić information content (AvgIpc) is 2.30. The minimum Gasteiger partial charge on any atom is -0.478 e. The van der Waals surface area contributed by atoms with Gasteiger partial charge < -0.3 is 22.3 Å². The van der Waals surface area contributed by atoms with Crippen LogP contribution in [0.2, 0.25) is 0 Å². The first-order valence-corrected chi connectivity index (χ1v) is 5.98. The number of benzene rings is 1. The van der Waals surface area contributed by atoms with Crippen LogP contribution < -0.4 is 17.2 Å². The van der Waals surface area contributed by atoms with Gasteiger partial charge in [0.25, 0.3) is 0 Å². The topological polar surface area (TPSA) is 141 Å². The van der Waals surface area contributed by atoms with Crippen LogP contribution in [0.5, 0.6) is 0 Å². The first-order chi connectivity index (χ1) is 8.95. The third-order valence-corrected chi connectivity index (χ3v) is 3.15. The molecule has 0 atom stereocenters. The number of anilines is 3. The van der Waals surface area contributed by atoms with E-state index in [0.717, 1.165) is 11.8 Å². The number of aromatic nitrogens is 2. The summed E-state index contributed by atoms with van der Waals surface area (Å²) in [5, 5.41) is 9.24. The smallest absolute Gasteiger partial charge is 0.335 e. The normalized spacial score (nSPS) is 10.3. The number of rotatable bonds is 3. The van der Waals surface area contributed by atoms with Gasteiger partial charge in [-0.25, -0.2) is 14.8 Å². The molecule has 2 aromatic rings. The highest BCUT2D eigenvalue weighted by atomic mass is 32.2. The van der Waals surface area contributed by atoms with E-state index in [1.165, 1.54) is 24.3 Å². The highest BCUT2D eigenvalue weighted by molar-refractivity contribution is 7.99. The number of carboxylic acids is 1. The Hall–Kier alpha value is -2.48. The first-order valence-electron chi connectivity index (χ1n) is 5.16. The second-order valence-corrected chi connectivity index (χ2v) is 4.67. The van der Waals surface area contributed by atoms with E-state index >= 15 is 0 Å². The molecule has 1 heterocycles. The van der Waals surface area contributed by atoms with Crippen molar-refractivity contribution in [1.29, 1.82) is 0 Å². The number of hydrogen-bond donors (Lipinski definition) is 4. The molecule has 0 radical (unpaired) electrons. The van der Waals surface area contributed by atoms with Crippen molar-refractivity contribution in [3.63, 3.8) is 0 Å². The van der Waals surface area contributed by atoms with Gasteiger partial charge in [-0.15, -0.1) is 0 Å². The molecule has 0 bridgehead atoms. The lowest BCUT2D eigenvalue weighted by atomic mass is 10.2. The van der Waals surface area contributed by atoms with E-state index in [1.807, 2.05) is 0 Å². The molecule has 8 heteroatoms. The van der Waals surface area contributed by atoms with Crippen LogP contribution in [0, 0.1) is 0 Å². The Labute approximate surface area is 112 Å². The van der Waals surface area contributed by atoms with Crippen LogP contribution in [0.3, 0.4) is 0 Å². The lowest BCUT2D eigenvalue weighted by Gasteiger charge is -2.06. The van der Waals surface area contributed by atoms with Gasteiger partial charge in [0.15, 0.2) is 5.16 Å². The summed E-state index contributed by atoms with van der Waals surface area (Å²) in [5.41, 5.74) is 17.5. The molecule has 0 amide bonds. The predicted molar refractivity (Wildman–Crippen MR) is 72.8 cm³/mol. The summed E-state index contributed by atoms with van der Waals surface area (Å²) in [6.07, 6.45) is 0. The molecular weight excluding hydrogens is 266 g/mol. The Bertz CT molecular complexity index is 627. The molecule has 19 heavy (non-hydrogen) atoms. The van der Waals surface area contributed by atoms with Gasteiger partial charge >= 0.3 is 5.97 Å². The number of carbonyl (C=O) groups is 1. The quantitative estimate of drug-likeness (QED) is 0.482. The largest absolute Gasteiger partial charge is 0.478 e. The molecule has 7 N–H and O–H groups in total. The number of nitrogens with two attached hydrogens (primary N) is 3. The van der Waals surface area contributed by atoms with Crippen molar-refractivity contribution < 1.29 is 9.90 Å². The van der Waals surface area contributed by atoms with Gasteiger partial charge in [0.05, 0.1) is 5.56 Å². The molecule has 7 nitrogen and oxygen atoms in total. The molecule has 0 unspecified atom stereocenters. The average molecular weight is 277 g/mol. The molecule has 0 spiro atoms. The Morgan fingerprint density at radius 2 is 1.74 bits per heavy atom. The number of hydrogen-bond acceptors (Lipinski definition) is 7. The molecule has 2 rings (SSSR count). The van der Waals surface area contributed by atoms with Gasteiger partial charge in [-0.2, -0.15) is 0 Å². The van der Waals surface area contributed by atoms with Crippen LogP contribution in [-0.2, 0) is 0 Å². The van der Waals surface area contributed by atoms with Crippen molar-refractivity contribution in [1.82, 2.24) is 9.97 Å². The third-order valence-electron chi connectivity index (χ3n) is 2.21. The number of nitrogen functional groups attached to an aromatic ring is 3. The highest BCUT2D eigenvalue weighted by Gasteiger charge is 2.10. The lowest BCUT2D eigenvalue weighted by Crippen LogP contribution is -2.01. The Morgan fingerprint density at radius 1 is 1.11 bits per heavy atom. The van der Waals surface area contributed by atoms with Gasteiger partial charge in [0.1, 0.15) is 11.6 Å². The van der Waals surface area contributed by atoms with E-state index in [0.29, 0.717) is 15.7 Å². The van der Waals surface area contributed by atoms with E-state index < -0.39 is 5.97 Å². The van der Waals surface area contributed by atoms with E-state index in [9.17, 15) is 4.79 Å². The maximum Gasteiger partial charge on any atom is 0.335 e. The van der Waals surface area contributed by atoms with Crippen LogP contribution >= 0.6 is 11.8 Å². The Morgan fingerprint density at radius 3 is 2.32 bits per heavy atom. The molecule has 98 valence electrons. The lowest BCUT2D eigenvalue weighted by molar-refractivity contribution is 0.0696. The summed E-state index contributed by atoms with van der Waals surface area (Å²) < 4.78 is 0. The SMILES string of the molecule is Nc1cc(N)nc(Sc2cc(C(=O)O)ccc2N)n1. The number of nitrogens with zero attached hydrogens (tertiary/aromatic N) is 2. The molecule has 0 saturated carbocycles. The zero-order chi connectivity index (χ0) is 14.0. The van der Waals surface area contributed by atoms with E-state index in [1.54, 1.807) is 0 Å². The molecule has 0 fully saturated rings. The summed E-state index contributed by atoms with van der Waals surface area (Å²) in [7, 11) is 0. The first kappa shape index (κ1) is 13.0. The zero-order valence-corrected chi connectivity index (χ0v) is 10.5. The molecule has 1 aromatic carbocycles. The van der Waals surface area contributed by atoms with Crippen molar-refractivity contribution in [3.05, 3.63) is 29.8 Å². The summed E-state index contributed by atoms with van der Waals surface area (Å²) in [5.74, 6) is -0.555. The van der Waals surface area contributed by atoms with Gasteiger partial charge in [-0.1, -0.05) is 0 Å². The zero-order valence-electron chi connectivity index (χ0n) is 9.70. The predicted octanol–water partition coefficient (Wildman–Crippen LogP) is 1.07. The second-order valence-electron chi connectivity index (χ2n) is 3.66. The Balaban J connectivity index is 2.37. The minimum absolute atomic E-state index is 0.133. The third kappa shape index (κ3) is 3.05. The molecular formula is C11H11N5O2S. The molecule has 0 saturated heterocycles. The van der Waals surface area contributed by atoms with Gasteiger partial charge in [-0.3, -0.25) is 0 Å². The maximum absolute atomic E-state index is 10.9.